The highest BCUT2D eigenvalue weighted by atomic mass is 35.7. The highest BCUT2D eigenvalue weighted by molar-refractivity contribution is 8.13. The molecule has 1 heterocycles. The second-order valence-corrected chi connectivity index (χ2v) is 6.62. The zero-order chi connectivity index (χ0) is 14.9. The Morgan fingerprint density at radius 3 is 2.35 bits per heavy atom. The summed E-state index contributed by atoms with van der Waals surface area (Å²) in [5, 5.41) is 6.64. The molecule has 0 bridgehead atoms. The minimum absolute atomic E-state index is 0.122. The Labute approximate surface area is 120 Å². The van der Waals surface area contributed by atoms with Crippen LogP contribution in [-0.2, 0) is 9.05 Å². The molecule has 0 spiro atoms. The Balaban J connectivity index is 2.37. The largest absolute Gasteiger partial charge is 0.316 e. The highest BCUT2D eigenvalue weighted by Crippen LogP contribution is 2.25. The van der Waals surface area contributed by atoms with Gasteiger partial charge in [0.2, 0.25) is 0 Å². The number of aromatic nitrogens is 2. The highest BCUT2D eigenvalue weighted by Gasteiger charge is 2.20. The Morgan fingerprint density at radius 1 is 1.30 bits per heavy atom. The third-order valence-electron chi connectivity index (χ3n) is 2.13. The fraction of sp³-hybridized carbons (Fsp3) is 0. The van der Waals surface area contributed by atoms with Crippen LogP contribution in [0.3, 0.4) is 0 Å². The van der Waals surface area contributed by atoms with E-state index in [4.69, 9.17) is 10.7 Å². The summed E-state index contributed by atoms with van der Waals surface area (Å²) in [7, 11) is 0.699. The van der Waals surface area contributed by atoms with Gasteiger partial charge in [0.15, 0.2) is 17.3 Å². The van der Waals surface area contributed by atoms with Crippen LogP contribution in [0.15, 0.2) is 22.4 Å². The van der Waals surface area contributed by atoms with E-state index in [2.05, 4.69) is 9.59 Å². The number of anilines is 1. The van der Waals surface area contributed by atoms with E-state index in [9.17, 15) is 22.0 Å². The van der Waals surface area contributed by atoms with Crippen molar-refractivity contribution in [3.8, 4) is 0 Å². The fourth-order valence-electron chi connectivity index (χ4n) is 1.25. The molecule has 0 radical (unpaired) electrons. The van der Waals surface area contributed by atoms with E-state index in [0.717, 1.165) is 11.5 Å². The van der Waals surface area contributed by atoms with E-state index in [1.54, 1.807) is 0 Å². The fourth-order valence-corrected chi connectivity index (χ4v) is 2.44. The van der Waals surface area contributed by atoms with Gasteiger partial charge < -0.3 is 5.32 Å². The number of halogens is 3. The minimum Gasteiger partial charge on any atom is -0.316 e. The van der Waals surface area contributed by atoms with E-state index in [-0.39, 0.29) is 5.69 Å². The zero-order valence-corrected chi connectivity index (χ0v) is 11.7. The van der Waals surface area contributed by atoms with Crippen molar-refractivity contribution in [2.24, 2.45) is 0 Å². The van der Waals surface area contributed by atoms with Crippen LogP contribution in [0.5, 0.6) is 0 Å². The standard InChI is InChI=1S/C9H4ClF2N3O3S2/c10-20(17,18)4-1-5(11)8(6(12)2-4)13-9(16)7-3-19-15-14-7/h1-3H,(H,13,16). The molecule has 0 fully saturated rings. The number of hydrogen-bond donors (Lipinski definition) is 1. The summed E-state index contributed by atoms with van der Waals surface area (Å²) < 4.78 is 52.7. The van der Waals surface area contributed by atoms with Crippen molar-refractivity contribution in [1.82, 2.24) is 9.59 Å². The van der Waals surface area contributed by atoms with Crippen LogP contribution in [0.4, 0.5) is 14.5 Å². The van der Waals surface area contributed by atoms with Gasteiger partial charge in [-0.15, -0.1) is 5.10 Å². The van der Waals surface area contributed by atoms with Crippen LogP contribution in [0, 0.1) is 11.6 Å². The van der Waals surface area contributed by atoms with Crippen LogP contribution in [0.2, 0.25) is 0 Å². The number of rotatable bonds is 3. The number of benzene rings is 1. The summed E-state index contributed by atoms with van der Waals surface area (Å²) in [4.78, 5) is 10.8. The number of hydrogen-bond acceptors (Lipinski definition) is 6. The van der Waals surface area contributed by atoms with Gasteiger partial charge in [0.05, 0.1) is 4.90 Å². The Morgan fingerprint density at radius 2 is 1.90 bits per heavy atom. The molecule has 2 aromatic rings. The molecule has 0 unspecified atom stereocenters. The van der Waals surface area contributed by atoms with Crippen molar-refractivity contribution in [1.29, 1.82) is 0 Å². The summed E-state index contributed by atoms with van der Waals surface area (Å²) in [5.74, 6) is -3.43. The zero-order valence-electron chi connectivity index (χ0n) is 9.30. The summed E-state index contributed by atoms with van der Waals surface area (Å²) in [6.07, 6.45) is 0. The first-order valence-corrected chi connectivity index (χ1v) is 7.96. The average molecular weight is 340 g/mol. The van der Waals surface area contributed by atoms with Crippen LogP contribution < -0.4 is 5.32 Å². The van der Waals surface area contributed by atoms with Gasteiger partial charge in [-0.2, -0.15) is 0 Å². The maximum atomic E-state index is 13.6. The summed E-state index contributed by atoms with van der Waals surface area (Å²) >= 11 is 0.886. The molecule has 1 aromatic heterocycles. The van der Waals surface area contributed by atoms with Crippen LogP contribution >= 0.6 is 22.2 Å². The van der Waals surface area contributed by atoms with Gasteiger partial charge >= 0.3 is 0 Å². The van der Waals surface area contributed by atoms with Crippen molar-refractivity contribution in [2.75, 3.05) is 5.32 Å². The molecule has 2 rings (SSSR count). The average Bonchev–Trinajstić information content (AvgIpc) is 2.85. The van der Waals surface area contributed by atoms with Gasteiger partial charge in [0.25, 0.3) is 15.0 Å². The SMILES string of the molecule is O=C(Nc1c(F)cc(S(=O)(=O)Cl)cc1F)c1csnn1. The predicted molar refractivity (Wildman–Crippen MR) is 67.3 cm³/mol. The molecule has 0 aliphatic carbocycles. The lowest BCUT2D eigenvalue weighted by atomic mass is 10.2. The first-order valence-electron chi connectivity index (χ1n) is 4.81. The van der Waals surface area contributed by atoms with Gasteiger partial charge in [-0.1, -0.05) is 4.49 Å². The Hall–Kier alpha value is -1.65. The number of amides is 1. The first kappa shape index (κ1) is 14.8. The number of nitrogens with zero attached hydrogens (tertiary/aromatic N) is 2. The number of carbonyl (C=O) groups is 1. The van der Waals surface area contributed by atoms with Crippen LogP contribution in [0.25, 0.3) is 0 Å². The second kappa shape index (κ2) is 5.38. The Kier molecular flexibility index (Phi) is 3.97. The molecule has 0 saturated heterocycles. The molecular formula is C9H4ClF2N3O3S2. The molecule has 106 valence electrons. The Bertz CT molecular complexity index is 742. The van der Waals surface area contributed by atoms with Crippen LogP contribution in [-0.4, -0.2) is 23.9 Å². The third kappa shape index (κ3) is 3.08. The van der Waals surface area contributed by atoms with E-state index in [1.165, 1.54) is 5.38 Å². The molecule has 6 nitrogen and oxygen atoms in total. The molecule has 11 heteroatoms. The monoisotopic (exact) mass is 339 g/mol. The maximum Gasteiger partial charge on any atom is 0.277 e. The van der Waals surface area contributed by atoms with E-state index in [1.807, 2.05) is 5.32 Å². The van der Waals surface area contributed by atoms with Crippen molar-refractivity contribution < 1.29 is 22.0 Å². The minimum atomic E-state index is -4.28. The lowest BCUT2D eigenvalue weighted by Crippen LogP contribution is -2.15. The molecule has 20 heavy (non-hydrogen) atoms. The second-order valence-electron chi connectivity index (χ2n) is 3.44. The molecule has 0 aliphatic heterocycles. The van der Waals surface area contributed by atoms with E-state index in [0.29, 0.717) is 12.1 Å². The molecule has 0 atom stereocenters. The summed E-state index contributed by atoms with van der Waals surface area (Å²) in [6.45, 7) is 0. The van der Waals surface area contributed by atoms with Crippen molar-refractivity contribution in [3.05, 3.63) is 34.8 Å². The van der Waals surface area contributed by atoms with Gasteiger partial charge in [-0.05, 0) is 23.7 Å². The van der Waals surface area contributed by atoms with Crippen molar-refractivity contribution in [2.45, 2.75) is 4.90 Å². The third-order valence-corrected chi connectivity index (χ3v) is 3.97. The van der Waals surface area contributed by atoms with Crippen molar-refractivity contribution in [3.63, 3.8) is 0 Å². The maximum absolute atomic E-state index is 13.6. The van der Waals surface area contributed by atoms with E-state index < -0.39 is 37.2 Å². The first-order chi connectivity index (χ1) is 9.29. The molecule has 1 N–H and O–H groups in total. The smallest absolute Gasteiger partial charge is 0.277 e. The van der Waals surface area contributed by atoms with Gasteiger partial charge in [0, 0.05) is 16.1 Å². The van der Waals surface area contributed by atoms with Crippen molar-refractivity contribution >= 4 is 42.9 Å². The molecular weight excluding hydrogens is 336 g/mol. The van der Waals surface area contributed by atoms with Gasteiger partial charge in [0.1, 0.15) is 5.69 Å². The lowest BCUT2D eigenvalue weighted by molar-refractivity contribution is 0.102. The molecule has 1 aromatic carbocycles. The van der Waals surface area contributed by atoms with E-state index >= 15 is 0 Å². The normalized spacial score (nSPS) is 11.3. The lowest BCUT2D eigenvalue weighted by Gasteiger charge is -2.07. The predicted octanol–water partition coefficient (Wildman–Crippen LogP) is 2.00. The topological polar surface area (TPSA) is 89.0 Å². The van der Waals surface area contributed by atoms with Gasteiger partial charge in [-0.25, -0.2) is 17.2 Å². The van der Waals surface area contributed by atoms with Crippen LogP contribution in [0.1, 0.15) is 10.5 Å². The quantitative estimate of drug-likeness (QED) is 0.864. The molecule has 0 saturated carbocycles. The van der Waals surface area contributed by atoms with Gasteiger partial charge in [-0.3, -0.25) is 4.79 Å². The molecule has 0 aliphatic rings. The number of nitrogens with one attached hydrogen (secondary N) is 1. The number of carbonyl (C=O) groups excluding carboxylic acids is 1. The summed E-state index contributed by atoms with van der Waals surface area (Å²) in [5.41, 5.74) is -0.921. The molecule has 1 amide bonds. The summed E-state index contributed by atoms with van der Waals surface area (Å²) in [6, 6.07) is 1.00.